The van der Waals surface area contributed by atoms with Crippen LogP contribution in [0.5, 0.6) is 5.75 Å². The molecule has 1 N–H and O–H groups in total. The number of aromatic hydroxyl groups is 1. The Morgan fingerprint density at radius 2 is 1.02 bits per heavy atom. The Labute approximate surface area is 286 Å². The first-order chi connectivity index (χ1) is 24.1. The van der Waals surface area contributed by atoms with Crippen molar-refractivity contribution < 1.29 is 5.11 Å². The fourth-order valence-corrected chi connectivity index (χ4v) is 8.12. The highest BCUT2D eigenvalue weighted by Crippen LogP contribution is 2.41. The van der Waals surface area contributed by atoms with Crippen molar-refractivity contribution in [2.75, 3.05) is 0 Å². The number of fused-ring (bicyclic) bond motifs is 3. The molecule has 0 spiro atoms. The zero-order chi connectivity index (χ0) is 32.7. The fourth-order valence-electron chi connectivity index (χ4n) is 8.12. The number of benzene rings is 4. The number of rotatable bonds is 5. The molecule has 4 aromatic carbocycles. The van der Waals surface area contributed by atoms with Gasteiger partial charge in [-0.1, -0.05) is 68.9 Å². The van der Waals surface area contributed by atoms with E-state index in [1.807, 2.05) is 42.5 Å². The molecule has 0 atom stereocenters. The van der Waals surface area contributed by atoms with E-state index in [0.717, 1.165) is 55.7 Å². The van der Waals surface area contributed by atoms with Crippen molar-refractivity contribution in [1.29, 1.82) is 0 Å². The molecule has 2 fully saturated rings. The summed E-state index contributed by atoms with van der Waals surface area (Å²) in [6.45, 7) is 0. The second-order valence-electron chi connectivity index (χ2n) is 14.0. The SMILES string of the molecule is Oc1cc2nc3ccccc3nc2cc1-c1cc(C2CCCCC2)cc(-c2cc(-c3cc4ccccc4nn3)cc(C3CCCCC3)c2)n1. The summed E-state index contributed by atoms with van der Waals surface area (Å²) in [5, 5.41) is 21.8. The maximum Gasteiger partial charge on any atom is 0.127 e. The first-order valence-electron chi connectivity index (χ1n) is 17.9. The molecule has 6 nitrogen and oxygen atoms in total. The Morgan fingerprint density at radius 1 is 0.449 bits per heavy atom. The second kappa shape index (κ2) is 12.7. The van der Waals surface area contributed by atoms with Crippen molar-refractivity contribution in [1.82, 2.24) is 25.1 Å². The molecule has 0 unspecified atom stereocenters. The number of pyridine rings is 1. The quantitative estimate of drug-likeness (QED) is 0.188. The lowest BCUT2D eigenvalue weighted by Gasteiger charge is -2.24. The lowest BCUT2D eigenvalue weighted by atomic mass is 9.81. The van der Waals surface area contributed by atoms with Gasteiger partial charge in [0.2, 0.25) is 0 Å². The molecule has 2 saturated carbocycles. The van der Waals surface area contributed by atoms with Crippen LogP contribution in [0.1, 0.15) is 87.2 Å². The fraction of sp³-hybridized carbons (Fsp3) is 0.279. The van der Waals surface area contributed by atoms with Crippen molar-refractivity contribution in [3.05, 3.63) is 108 Å². The van der Waals surface area contributed by atoms with Crippen molar-refractivity contribution in [2.45, 2.75) is 76.0 Å². The van der Waals surface area contributed by atoms with E-state index in [4.69, 9.17) is 20.1 Å². The maximum absolute atomic E-state index is 11.5. The van der Waals surface area contributed by atoms with E-state index in [9.17, 15) is 5.11 Å². The van der Waals surface area contributed by atoms with E-state index in [2.05, 4.69) is 53.6 Å². The topological polar surface area (TPSA) is 84.7 Å². The van der Waals surface area contributed by atoms with Crippen LogP contribution >= 0.6 is 0 Å². The van der Waals surface area contributed by atoms with Gasteiger partial charge in [0, 0.05) is 28.1 Å². The summed E-state index contributed by atoms with van der Waals surface area (Å²) in [5.41, 5.74) is 12.0. The van der Waals surface area contributed by atoms with Crippen LogP contribution in [-0.2, 0) is 0 Å². The first-order valence-corrected chi connectivity index (χ1v) is 17.9. The van der Waals surface area contributed by atoms with Gasteiger partial charge in [-0.05, 0) is 109 Å². The maximum atomic E-state index is 11.5. The molecule has 3 aromatic heterocycles. The molecule has 0 saturated heterocycles. The van der Waals surface area contributed by atoms with Crippen LogP contribution in [0.4, 0.5) is 0 Å². The van der Waals surface area contributed by atoms with Gasteiger partial charge in [0.05, 0.1) is 44.7 Å². The summed E-state index contributed by atoms with van der Waals surface area (Å²) >= 11 is 0. The van der Waals surface area contributed by atoms with E-state index in [0.29, 0.717) is 22.9 Å². The smallest absolute Gasteiger partial charge is 0.127 e. The zero-order valence-corrected chi connectivity index (χ0v) is 27.6. The van der Waals surface area contributed by atoms with Gasteiger partial charge >= 0.3 is 0 Å². The van der Waals surface area contributed by atoms with Gasteiger partial charge in [0.15, 0.2) is 0 Å². The summed E-state index contributed by atoms with van der Waals surface area (Å²) < 4.78 is 0. The minimum Gasteiger partial charge on any atom is -0.507 e. The van der Waals surface area contributed by atoms with Gasteiger partial charge in [0.25, 0.3) is 0 Å². The van der Waals surface area contributed by atoms with Gasteiger partial charge in [-0.15, -0.1) is 10.2 Å². The summed E-state index contributed by atoms with van der Waals surface area (Å²) in [6.07, 6.45) is 12.3. The number of hydrogen-bond acceptors (Lipinski definition) is 6. The minimum absolute atomic E-state index is 0.166. The Bertz CT molecular complexity index is 2340. The molecule has 9 rings (SSSR count). The van der Waals surface area contributed by atoms with Gasteiger partial charge in [-0.25, -0.2) is 15.0 Å². The molecule has 49 heavy (non-hydrogen) atoms. The first kappa shape index (κ1) is 29.9. The Balaban J connectivity index is 1.22. The van der Waals surface area contributed by atoms with Crippen LogP contribution in [0.15, 0.2) is 97.1 Å². The Morgan fingerprint density at radius 3 is 1.71 bits per heavy atom. The van der Waals surface area contributed by atoms with Crippen LogP contribution in [-0.4, -0.2) is 30.3 Å². The van der Waals surface area contributed by atoms with E-state index in [1.165, 1.54) is 75.3 Å². The third-order valence-electron chi connectivity index (χ3n) is 10.8. The molecule has 2 aliphatic rings. The van der Waals surface area contributed by atoms with Gasteiger partial charge < -0.3 is 5.11 Å². The highest BCUT2D eigenvalue weighted by atomic mass is 16.3. The summed E-state index contributed by atoms with van der Waals surface area (Å²) in [6, 6.07) is 33.3. The summed E-state index contributed by atoms with van der Waals surface area (Å²) in [4.78, 5) is 15.0. The zero-order valence-electron chi connectivity index (χ0n) is 27.6. The van der Waals surface area contributed by atoms with Crippen LogP contribution in [0.2, 0.25) is 0 Å². The van der Waals surface area contributed by atoms with Gasteiger partial charge in [-0.3, -0.25) is 0 Å². The number of nitrogens with zero attached hydrogens (tertiary/aromatic N) is 5. The summed E-state index contributed by atoms with van der Waals surface area (Å²) in [7, 11) is 0. The van der Waals surface area contributed by atoms with Crippen LogP contribution in [0.3, 0.4) is 0 Å². The molecule has 0 aliphatic heterocycles. The Hall–Kier alpha value is -5.23. The number of phenols is 1. The molecule has 0 bridgehead atoms. The lowest BCUT2D eigenvalue weighted by molar-refractivity contribution is 0.443. The van der Waals surface area contributed by atoms with E-state index >= 15 is 0 Å². The van der Waals surface area contributed by atoms with Crippen LogP contribution in [0.25, 0.3) is 66.7 Å². The highest BCUT2D eigenvalue weighted by Gasteiger charge is 2.22. The minimum atomic E-state index is 0.166. The van der Waals surface area contributed by atoms with Gasteiger partial charge in [0.1, 0.15) is 5.75 Å². The second-order valence-corrected chi connectivity index (χ2v) is 14.0. The molecule has 242 valence electrons. The average molecular weight is 642 g/mol. The highest BCUT2D eigenvalue weighted by molar-refractivity contribution is 5.91. The molecule has 0 amide bonds. The molecule has 0 radical (unpaired) electrons. The number of phenolic OH excluding ortho intramolecular Hbond substituents is 1. The third kappa shape index (κ3) is 5.90. The molecule has 6 heteroatoms. The standard InChI is InChI=1S/C43H39N5O/c49-43-26-42-41(44-36-17-9-10-18-37(36)45-42)25-34(43)40-24-31(28-13-5-2-6-14-28)23-38(46-40)32-19-30(27-11-3-1-4-12-27)20-33(21-32)39-22-29-15-7-8-16-35(29)47-48-39/h7-10,15-28,49H,1-6,11-14H2. The predicted octanol–water partition coefficient (Wildman–Crippen LogP) is 10.9. The predicted molar refractivity (Wildman–Crippen MR) is 198 cm³/mol. The molecule has 2 aliphatic carbocycles. The normalized spacial score (nSPS) is 16.1. The monoisotopic (exact) mass is 641 g/mol. The van der Waals surface area contributed by atoms with E-state index < -0.39 is 0 Å². The molecular formula is C43H39N5O. The van der Waals surface area contributed by atoms with Crippen molar-refractivity contribution in [3.8, 4) is 39.5 Å². The number of para-hydroxylation sites is 2. The Kier molecular flexibility index (Phi) is 7.72. The molecular weight excluding hydrogens is 603 g/mol. The van der Waals surface area contributed by atoms with Crippen molar-refractivity contribution in [2.24, 2.45) is 0 Å². The largest absolute Gasteiger partial charge is 0.507 e. The van der Waals surface area contributed by atoms with Gasteiger partial charge in [-0.2, -0.15) is 0 Å². The molecule has 7 aromatic rings. The van der Waals surface area contributed by atoms with Crippen molar-refractivity contribution in [3.63, 3.8) is 0 Å². The number of aromatic nitrogens is 5. The summed E-state index contributed by atoms with van der Waals surface area (Å²) in [5.74, 6) is 1.15. The van der Waals surface area contributed by atoms with E-state index in [1.54, 1.807) is 6.07 Å². The van der Waals surface area contributed by atoms with Crippen molar-refractivity contribution >= 4 is 33.0 Å². The van der Waals surface area contributed by atoms with Crippen LogP contribution < -0.4 is 0 Å². The lowest BCUT2D eigenvalue weighted by Crippen LogP contribution is -2.07. The third-order valence-corrected chi connectivity index (χ3v) is 10.8. The van der Waals surface area contributed by atoms with Crippen LogP contribution in [0, 0.1) is 0 Å². The molecule has 3 heterocycles. The average Bonchev–Trinajstić information content (AvgIpc) is 3.17. The van der Waals surface area contributed by atoms with E-state index in [-0.39, 0.29) is 5.75 Å². The number of hydrogen-bond donors (Lipinski definition) is 1.